The molecule has 0 aliphatic carbocycles. The van der Waals surface area contributed by atoms with Crippen molar-refractivity contribution in [3.63, 3.8) is 0 Å². The number of amides is 1. The molecule has 2 rings (SSSR count). The number of nitrogens with one attached hydrogen (secondary N) is 1. The van der Waals surface area contributed by atoms with Crippen LogP contribution < -0.4 is 10.1 Å². The number of methoxy groups -OCH3 is 1. The van der Waals surface area contributed by atoms with Gasteiger partial charge in [-0.05, 0) is 37.1 Å². The molecule has 1 aromatic carbocycles. The van der Waals surface area contributed by atoms with Crippen LogP contribution in [0.25, 0.3) is 0 Å². The first-order valence-electron chi connectivity index (χ1n) is 6.86. The van der Waals surface area contributed by atoms with Gasteiger partial charge in [-0.1, -0.05) is 6.92 Å². The number of rotatable bonds is 4. The van der Waals surface area contributed by atoms with Crippen molar-refractivity contribution in [3.05, 3.63) is 23.8 Å². The highest BCUT2D eigenvalue weighted by Gasteiger charge is 2.37. The number of benzene rings is 1. The van der Waals surface area contributed by atoms with Crippen LogP contribution in [-0.2, 0) is 14.8 Å². The Morgan fingerprint density at radius 2 is 2.14 bits per heavy atom. The number of carbonyl (C=O) groups is 1. The standard InChI is InChI=1S/C14H20N2O4S/c1-4-12-14(17)15-7-8-16(12)21(18,19)11-5-6-13(20-3)10(2)9-11/h5-6,9,12H,4,7-8H2,1-3H3,(H,15,17). The third-order valence-electron chi connectivity index (χ3n) is 3.64. The molecule has 0 saturated carbocycles. The summed E-state index contributed by atoms with van der Waals surface area (Å²) >= 11 is 0. The smallest absolute Gasteiger partial charge is 0.243 e. The molecular formula is C14H20N2O4S. The number of carbonyl (C=O) groups excluding carboxylic acids is 1. The Kier molecular flexibility index (Phi) is 4.53. The summed E-state index contributed by atoms with van der Waals surface area (Å²) in [5.41, 5.74) is 0.744. The van der Waals surface area contributed by atoms with E-state index in [1.165, 1.54) is 10.4 Å². The topological polar surface area (TPSA) is 75.7 Å². The third kappa shape index (κ3) is 2.89. The number of hydrogen-bond donors (Lipinski definition) is 1. The maximum absolute atomic E-state index is 12.8. The van der Waals surface area contributed by atoms with E-state index in [0.29, 0.717) is 18.7 Å². The van der Waals surface area contributed by atoms with Gasteiger partial charge in [-0.15, -0.1) is 0 Å². The van der Waals surface area contributed by atoms with Crippen LogP contribution in [0.4, 0.5) is 0 Å². The second kappa shape index (κ2) is 6.03. The second-order valence-corrected chi connectivity index (χ2v) is 6.85. The van der Waals surface area contributed by atoms with Crippen LogP contribution in [0.5, 0.6) is 5.75 Å². The van der Waals surface area contributed by atoms with Crippen LogP contribution in [0, 0.1) is 6.92 Å². The fourth-order valence-corrected chi connectivity index (χ4v) is 4.27. The summed E-state index contributed by atoms with van der Waals surface area (Å²) in [6.45, 7) is 4.22. The molecule has 0 bridgehead atoms. The summed E-state index contributed by atoms with van der Waals surface area (Å²) in [6, 6.07) is 4.08. The second-order valence-electron chi connectivity index (χ2n) is 4.96. The Balaban J connectivity index is 2.41. The van der Waals surface area contributed by atoms with Crippen molar-refractivity contribution in [3.8, 4) is 5.75 Å². The minimum absolute atomic E-state index is 0.189. The lowest BCUT2D eigenvalue weighted by Gasteiger charge is -2.33. The van der Waals surface area contributed by atoms with Crippen LogP contribution in [0.15, 0.2) is 23.1 Å². The zero-order chi connectivity index (χ0) is 15.6. The first-order chi connectivity index (χ1) is 9.91. The Bertz CT molecular complexity index is 642. The van der Waals surface area contributed by atoms with Crippen molar-refractivity contribution in [2.24, 2.45) is 0 Å². The summed E-state index contributed by atoms with van der Waals surface area (Å²) in [6.07, 6.45) is 0.445. The summed E-state index contributed by atoms with van der Waals surface area (Å²) in [4.78, 5) is 12.0. The molecule has 1 N–H and O–H groups in total. The molecule has 0 aromatic heterocycles. The number of sulfonamides is 1. The van der Waals surface area contributed by atoms with Gasteiger partial charge in [0.25, 0.3) is 0 Å². The molecule has 1 atom stereocenters. The molecule has 1 heterocycles. The average molecular weight is 312 g/mol. The van der Waals surface area contributed by atoms with Crippen molar-refractivity contribution in [1.29, 1.82) is 0 Å². The van der Waals surface area contributed by atoms with Gasteiger partial charge < -0.3 is 10.1 Å². The molecule has 1 unspecified atom stereocenters. The van der Waals surface area contributed by atoms with Gasteiger partial charge in [-0.2, -0.15) is 4.31 Å². The molecule has 1 amide bonds. The maximum atomic E-state index is 12.8. The highest BCUT2D eigenvalue weighted by molar-refractivity contribution is 7.89. The summed E-state index contributed by atoms with van der Waals surface area (Å²) in [7, 11) is -2.15. The van der Waals surface area contributed by atoms with E-state index in [-0.39, 0.29) is 17.3 Å². The lowest BCUT2D eigenvalue weighted by Crippen LogP contribution is -2.56. The van der Waals surface area contributed by atoms with E-state index in [1.54, 1.807) is 33.1 Å². The highest BCUT2D eigenvalue weighted by atomic mass is 32.2. The minimum atomic E-state index is -3.69. The van der Waals surface area contributed by atoms with E-state index >= 15 is 0 Å². The van der Waals surface area contributed by atoms with Crippen LogP contribution in [0.1, 0.15) is 18.9 Å². The predicted molar refractivity (Wildman–Crippen MR) is 78.7 cm³/mol. The first kappa shape index (κ1) is 15.8. The predicted octanol–water partition coefficient (Wildman–Crippen LogP) is 0.903. The molecule has 116 valence electrons. The van der Waals surface area contributed by atoms with Gasteiger partial charge in [-0.25, -0.2) is 8.42 Å². The number of hydrogen-bond acceptors (Lipinski definition) is 4. The van der Waals surface area contributed by atoms with Crippen molar-refractivity contribution in [2.75, 3.05) is 20.2 Å². The Labute approximate surface area is 125 Å². The van der Waals surface area contributed by atoms with Crippen LogP contribution in [-0.4, -0.2) is 44.9 Å². The van der Waals surface area contributed by atoms with Gasteiger partial charge >= 0.3 is 0 Å². The lowest BCUT2D eigenvalue weighted by molar-refractivity contribution is -0.126. The van der Waals surface area contributed by atoms with Gasteiger partial charge in [0.1, 0.15) is 11.8 Å². The Morgan fingerprint density at radius 1 is 1.43 bits per heavy atom. The lowest BCUT2D eigenvalue weighted by atomic mass is 10.2. The van der Waals surface area contributed by atoms with Crippen molar-refractivity contribution in [1.82, 2.24) is 9.62 Å². The summed E-state index contributed by atoms with van der Waals surface area (Å²) in [5.74, 6) is 0.398. The molecule has 1 fully saturated rings. The van der Waals surface area contributed by atoms with Crippen molar-refractivity contribution >= 4 is 15.9 Å². The van der Waals surface area contributed by atoms with E-state index in [1.807, 2.05) is 0 Å². The van der Waals surface area contributed by atoms with Gasteiger partial charge in [-0.3, -0.25) is 4.79 Å². The third-order valence-corrected chi connectivity index (χ3v) is 5.55. The summed E-state index contributed by atoms with van der Waals surface area (Å²) < 4.78 is 31.9. The van der Waals surface area contributed by atoms with Gasteiger partial charge in [0.15, 0.2) is 0 Å². The number of aryl methyl sites for hydroxylation is 1. The van der Waals surface area contributed by atoms with Crippen molar-refractivity contribution in [2.45, 2.75) is 31.2 Å². The monoisotopic (exact) mass is 312 g/mol. The number of ether oxygens (including phenoxy) is 1. The summed E-state index contributed by atoms with van der Waals surface area (Å²) in [5, 5.41) is 2.70. The van der Waals surface area contributed by atoms with E-state index in [0.717, 1.165) is 5.56 Å². The fraction of sp³-hybridized carbons (Fsp3) is 0.500. The fourth-order valence-electron chi connectivity index (χ4n) is 2.52. The average Bonchev–Trinajstić information content (AvgIpc) is 2.46. The minimum Gasteiger partial charge on any atom is -0.496 e. The molecular weight excluding hydrogens is 292 g/mol. The van der Waals surface area contributed by atoms with Gasteiger partial charge in [0, 0.05) is 13.1 Å². The SMILES string of the molecule is CCC1C(=O)NCCN1S(=O)(=O)c1ccc(OC)c(C)c1. The molecule has 0 spiro atoms. The quantitative estimate of drug-likeness (QED) is 0.896. The molecule has 1 aliphatic heterocycles. The molecule has 21 heavy (non-hydrogen) atoms. The molecule has 7 heteroatoms. The van der Waals surface area contributed by atoms with E-state index < -0.39 is 16.1 Å². The van der Waals surface area contributed by atoms with Crippen LogP contribution in [0.2, 0.25) is 0 Å². The molecule has 6 nitrogen and oxygen atoms in total. The van der Waals surface area contributed by atoms with E-state index in [4.69, 9.17) is 4.74 Å². The Morgan fingerprint density at radius 3 is 2.71 bits per heavy atom. The van der Waals surface area contributed by atoms with E-state index in [2.05, 4.69) is 5.32 Å². The molecule has 0 radical (unpaired) electrons. The largest absolute Gasteiger partial charge is 0.496 e. The molecule has 1 aliphatic rings. The molecule has 1 saturated heterocycles. The van der Waals surface area contributed by atoms with Crippen molar-refractivity contribution < 1.29 is 17.9 Å². The Hall–Kier alpha value is -1.60. The number of piperazine rings is 1. The van der Waals surface area contributed by atoms with Gasteiger partial charge in [0.2, 0.25) is 15.9 Å². The van der Waals surface area contributed by atoms with Crippen LogP contribution in [0.3, 0.4) is 0 Å². The zero-order valence-electron chi connectivity index (χ0n) is 12.4. The first-order valence-corrected chi connectivity index (χ1v) is 8.30. The number of nitrogens with zero attached hydrogens (tertiary/aromatic N) is 1. The molecule has 1 aromatic rings. The highest BCUT2D eigenvalue weighted by Crippen LogP contribution is 2.26. The normalized spacial score (nSPS) is 20.1. The van der Waals surface area contributed by atoms with E-state index in [9.17, 15) is 13.2 Å². The van der Waals surface area contributed by atoms with Gasteiger partial charge in [0.05, 0.1) is 12.0 Å². The zero-order valence-corrected chi connectivity index (χ0v) is 13.2. The maximum Gasteiger partial charge on any atom is 0.243 e. The van der Waals surface area contributed by atoms with Crippen LogP contribution >= 0.6 is 0 Å².